The molecule has 4 aromatic carbocycles. The summed E-state index contributed by atoms with van der Waals surface area (Å²) in [5.74, 6) is -4.48. The Kier molecular flexibility index (Phi) is 18.1. The minimum absolute atomic E-state index is 0.114. The number of likely N-dealkylation sites (N-methyl/N-ethyl adjacent to an activating group) is 1. The van der Waals surface area contributed by atoms with Crippen molar-refractivity contribution in [3.05, 3.63) is 147 Å². The molecule has 2 aliphatic carbocycles. The van der Waals surface area contributed by atoms with E-state index in [2.05, 4.69) is 33.6 Å². The number of piperidine rings is 2. The molecule has 0 spiro atoms. The number of hydrogen-bond acceptors (Lipinski definition) is 12. The van der Waals surface area contributed by atoms with Gasteiger partial charge in [0.1, 0.15) is 35.8 Å². The third-order valence-corrected chi connectivity index (χ3v) is 23.5. The van der Waals surface area contributed by atoms with Gasteiger partial charge < -0.3 is 39.1 Å². The molecule has 1 atom stereocenters. The van der Waals surface area contributed by atoms with Gasteiger partial charge in [0, 0.05) is 125 Å². The second kappa shape index (κ2) is 25.6. The van der Waals surface area contributed by atoms with Crippen LogP contribution in [0.4, 0.5) is 11.4 Å². The van der Waals surface area contributed by atoms with Crippen molar-refractivity contribution in [3.8, 4) is 44.9 Å². The van der Waals surface area contributed by atoms with Crippen LogP contribution in [0.25, 0.3) is 72.4 Å². The minimum Gasteiger partial charge on any atom is -0.481 e. The quantitative estimate of drug-likeness (QED) is 0.0563. The Morgan fingerprint density at radius 2 is 1.01 bits per heavy atom. The van der Waals surface area contributed by atoms with E-state index in [1.165, 1.54) is 8.61 Å². The molecule has 8 aliphatic rings. The monoisotopic (exact) mass is 1320 g/mol. The molecule has 2 saturated heterocycles. The van der Waals surface area contributed by atoms with Crippen LogP contribution < -0.4 is 30.5 Å². The van der Waals surface area contributed by atoms with Crippen molar-refractivity contribution in [3.63, 3.8) is 0 Å². The maximum Gasteiger partial charge on any atom is 0.336 e. The maximum absolute atomic E-state index is 13.9. The highest BCUT2D eigenvalue weighted by molar-refractivity contribution is 7.89. The Labute approximate surface area is 547 Å². The molecular weight excluding hydrogens is 1240 g/mol. The molecule has 22 heteroatoms. The number of hydrogen-bond donors (Lipinski definition) is 6. The van der Waals surface area contributed by atoms with Crippen LogP contribution in [0.2, 0.25) is 0 Å². The molecule has 6 N–H and O–H groups in total. The first kappa shape index (κ1) is 66.7. The molecule has 20 nitrogen and oxygen atoms in total. The number of nitrogens with zero attached hydrogens (tertiary/aromatic N) is 4. The number of rotatable bonds is 14. The average Bonchev–Trinajstić information content (AvgIpc) is 0.731. The molecule has 494 valence electrons. The molecule has 0 saturated carbocycles. The topological polar surface area (TPSA) is 285 Å². The minimum atomic E-state index is -3.78. The van der Waals surface area contributed by atoms with Gasteiger partial charge in [-0.1, -0.05) is 42.5 Å². The molecular formula is C72H82N6O14S2+2. The number of aryl methyl sites for hydroxylation is 2. The van der Waals surface area contributed by atoms with Crippen LogP contribution in [-0.2, 0) is 29.6 Å². The fourth-order valence-corrected chi connectivity index (χ4v) is 17.6. The zero-order chi connectivity index (χ0) is 67.7. The van der Waals surface area contributed by atoms with Crippen molar-refractivity contribution >= 4 is 82.8 Å². The van der Waals surface area contributed by atoms with Crippen molar-refractivity contribution in [1.82, 2.24) is 8.61 Å². The SMILES string of the molecule is CC[NH+]=c1cc2oc3cc4c(cc3c(-c3ccccc3C(=O)O)c-2cc1C)C(CS(=O)(=O)N1CCC(C(=O)O)CC1)=CC(C)(C)N4C.CC[NH+]=c1cc2oc3cc4c(cc3c(-c3ccccc3C(=O)O)c-2cc1C)C(CS(=O)(=O)N1CCC(C(=O)O)CC1)CC(C)(C)N4C. The van der Waals surface area contributed by atoms with Gasteiger partial charge in [0.15, 0.2) is 0 Å². The van der Waals surface area contributed by atoms with E-state index in [0.717, 1.165) is 68.6 Å². The van der Waals surface area contributed by atoms with Gasteiger partial charge in [0.2, 0.25) is 30.8 Å². The van der Waals surface area contributed by atoms with Gasteiger partial charge in [-0.2, -0.15) is 0 Å². The van der Waals surface area contributed by atoms with E-state index in [-0.39, 0.29) is 73.1 Å². The summed E-state index contributed by atoms with van der Waals surface area (Å²) in [6, 6.07) is 29.5. The summed E-state index contributed by atoms with van der Waals surface area (Å²) in [6.45, 7) is 18.4. The summed E-state index contributed by atoms with van der Waals surface area (Å²) in [7, 11) is -3.54. The van der Waals surface area contributed by atoms with E-state index in [4.69, 9.17) is 8.83 Å². The number of sulfonamides is 2. The number of carboxylic acid groups (broad SMARTS) is 4. The summed E-state index contributed by atoms with van der Waals surface area (Å²) in [5, 5.41) is 42.5. The molecule has 0 radical (unpaired) electrons. The standard InChI is InChI=1S/C36H41N3O7S.C36H39N3O7S/c2*1-6-37-29-17-31-27(15-21(29)2)33(24-9-7-8-10-25(24)35(42)43)28-16-26-23(19-36(3,4)38(5)30(26)18-32(28)46-31)20-47(44,45)39-13-11-22(12-14-39)34(40)41/h7-10,15-18,22-23H,6,11-14,19-20H2,1-5H3,(H,40,41)(H,42,43);7-10,15-19,22H,6,11-14,20H2,1-5H3,(H,40,41)(H,42,43)/p+2. The summed E-state index contributed by atoms with van der Waals surface area (Å²) >= 11 is 0. The van der Waals surface area contributed by atoms with Gasteiger partial charge in [-0.05, 0) is 146 Å². The zero-order valence-corrected chi connectivity index (χ0v) is 56.3. The van der Waals surface area contributed by atoms with Gasteiger partial charge in [-0.15, -0.1) is 0 Å². The highest BCUT2D eigenvalue weighted by Crippen LogP contribution is 2.51. The average molecular weight is 1320 g/mol. The largest absolute Gasteiger partial charge is 0.481 e. The molecule has 0 amide bonds. The van der Waals surface area contributed by atoms with Crippen molar-refractivity contribution < 1.29 is 75.3 Å². The molecule has 4 aromatic rings. The maximum atomic E-state index is 13.9. The zero-order valence-electron chi connectivity index (χ0n) is 54.7. The van der Waals surface area contributed by atoms with E-state index >= 15 is 0 Å². The third-order valence-electron chi connectivity index (χ3n) is 19.7. The molecule has 1 unspecified atom stereocenters. The molecule has 0 bridgehead atoms. The Morgan fingerprint density at radius 1 is 0.564 bits per heavy atom. The number of aliphatic carboxylic acids is 2. The van der Waals surface area contributed by atoms with Gasteiger partial charge in [-0.25, -0.2) is 45.0 Å². The molecule has 0 aromatic heterocycles. The van der Waals surface area contributed by atoms with Gasteiger partial charge in [0.05, 0.1) is 52.1 Å². The molecule has 2 fully saturated rings. The first-order valence-electron chi connectivity index (χ1n) is 31.9. The summed E-state index contributed by atoms with van der Waals surface area (Å²) < 4.78 is 71.5. The lowest BCUT2D eigenvalue weighted by Gasteiger charge is -2.46. The predicted octanol–water partition coefficient (Wildman–Crippen LogP) is 7.99. The van der Waals surface area contributed by atoms with E-state index in [1.807, 2.05) is 128 Å². The fraction of sp³-hybridized carbons (Fsp3) is 0.389. The number of aromatic carboxylic acids is 2. The first-order valence-corrected chi connectivity index (χ1v) is 35.2. The number of benzene rings is 6. The first-order chi connectivity index (χ1) is 44.4. The fourth-order valence-electron chi connectivity index (χ4n) is 14.2. The summed E-state index contributed by atoms with van der Waals surface area (Å²) in [4.78, 5) is 59.0. The highest BCUT2D eigenvalue weighted by atomic mass is 32.2. The second-order valence-electron chi connectivity index (χ2n) is 26.5. The van der Waals surface area contributed by atoms with Gasteiger partial charge >= 0.3 is 23.9 Å². The number of carboxylic acids is 4. The third kappa shape index (κ3) is 12.6. The Hall–Kier alpha value is -8.70. The van der Waals surface area contributed by atoms with Crippen LogP contribution in [0.3, 0.4) is 0 Å². The van der Waals surface area contributed by atoms with E-state index in [9.17, 15) is 56.4 Å². The predicted molar refractivity (Wildman–Crippen MR) is 361 cm³/mol. The molecule has 6 aliphatic heterocycles. The van der Waals surface area contributed by atoms with E-state index < -0.39 is 61.3 Å². The summed E-state index contributed by atoms with van der Waals surface area (Å²) in [5.41, 5.74) is 10.3. The molecule has 94 heavy (non-hydrogen) atoms. The van der Waals surface area contributed by atoms with Crippen LogP contribution in [0, 0.1) is 25.7 Å². The second-order valence-corrected chi connectivity index (χ2v) is 30.5. The van der Waals surface area contributed by atoms with E-state index in [0.29, 0.717) is 80.5 Å². The van der Waals surface area contributed by atoms with Crippen molar-refractivity contribution in [1.29, 1.82) is 0 Å². The van der Waals surface area contributed by atoms with Crippen molar-refractivity contribution in [2.45, 2.75) is 104 Å². The van der Waals surface area contributed by atoms with Crippen molar-refractivity contribution in [2.24, 2.45) is 11.8 Å². The van der Waals surface area contributed by atoms with Crippen LogP contribution >= 0.6 is 0 Å². The number of anilines is 2. The van der Waals surface area contributed by atoms with Gasteiger partial charge in [-0.3, -0.25) is 9.59 Å². The lowest BCUT2D eigenvalue weighted by atomic mass is 9.79. The normalized spacial score (nSPS) is 18.4. The number of carbonyl (C=O) groups is 4. The Balaban J connectivity index is 0.000000192. The smallest absolute Gasteiger partial charge is 0.336 e. The van der Waals surface area contributed by atoms with Crippen LogP contribution in [0.1, 0.15) is 123 Å². The molecule has 6 heterocycles. The van der Waals surface area contributed by atoms with E-state index in [1.54, 1.807) is 30.3 Å². The summed E-state index contributed by atoms with van der Waals surface area (Å²) in [6.07, 6.45) is 3.69. The van der Waals surface area contributed by atoms with Crippen molar-refractivity contribution in [2.75, 3.05) is 74.7 Å². The van der Waals surface area contributed by atoms with Crippen LogP contribution in [-0.4, -0.2) is 146 Å². The number of fused-ring (bicyclic) bond motifs is 6. The lowest BCUT2D eigenvalue weighted by Crippen LogP contribution is -2.76. The van der Waals surface area contributed by atoms with Crippen LogP contribution in [0.15, 0.2) is 112 Å². The van der Waals surface area contributed by atoms with Crippen LogP contribution in [0.5, 0.6) is 0 Å². The molecule has 12 rings (SSSR count). The Bertz CT molecular complexity index is 4740. The Morgan fingerprint density at radius 3 is 1.47 bits per heavy atom. The highest BCUT2D eigenvalue weighted by Gasteiger charge is 2.42. The van der Waals surface area contributed by atoms with Gasteiger partial charge in [0.25, 0.3) is 0 Å². The lowest BCUT2D eigenvalue weighted by molar-refractivity contribution is -0.496. The number of nitrogens with one attached hydrogen (secondary N) is 2.